The minimum atomic E-state index is -3.66. The van der Waals surface area contributed by atoms with Gasteiger partial charge in [-0.15, -0.1) is 0 Å². The second-order valence-corrected chi connectivity index (χ2v) is 9.11. The minimum Gasteiger partial charge on any atom is -0.399 e. The van der Waals surface area contributed by atoms with Crippen molar-refractivity contribution in [3.05, 3.63) is 23.8 Å². The monoisotopic (exact) mass is 318 g/mol. The van der Waals surface area contributed by atoms with Crippen LogP contribution < -0.4 is 10.5 Å². The van der Waals surface area contributed by atoms with Crippen LogP contribution in [0.3, 0.4) is 0 Å². The van der Waals surface area contributed by atoms with Crippen molar-refractivity contribution in [1.82, 2.24) is 4.72 Å². The molecule has 1 aromatic carbocycles. The van der Waals surface area contributed by atoms with Crippen molar-refractivity contribution < 1.29 is 16.8 Å². The maximum atomic E-state index is 12.2. The van der Waals surface area contributed by atoms with E-state index in [9.17, 15) is 16.8 Å². The average Bonchev–Trinajstić information content (AvgIpc) is 2.70. The third kappa shape index (κ3) is 3.50. The highest BCUT2D eigenvalue weighted by Crippen LogP contribution is 2.20. The average molecular weight is 318 g/mol. The molecule has 1 heterocycles. The number of benzene rings is 1. The van der Waals surface area contributed by atoms with Crippen LogP contribution in [0.15, 0.2) is 23.1 Å². The van der Waals surface area contributed by atoms with Crippen LogP contribution in [-0.2, 0) is 19.9 Å². The molecular weight excluding hydrogens is 300 g/mol. The van der Waals surface area contributed by atoms with E-state index in [4.69, 9.17) is 5.73 Å². The highest BCUT2D eigenvalue weighted by atomic mass is 32.2. The second-order valence-electron chi connectivity index (χ2n) is 5.15. The molecule has 0 aromatic heterocycles. The summed E-state index contributed by atoms with van der Waals surface area (Å²) in [6, 6.07) is 4.69. The fourth-order valence-electron chi connectivity index (χ4n) is 2.24. The number of hydrogen-bond acceptors (Lipinski definition) is 5. The van der Waals surface area contributed by atoms with Gasteiger partial charge in [-0.1, -0.05) is 6.07 Å². The van der Waals surface area contributed by atoms with Crippen LogP contribution in [0.1, 0.15) is 12.0 Å². The largest absolute Gasteiger partial charge is 0.399 e. The van der Waals surface area contributed by atoms with Crippen LogP contribution in [0.2, 0.25) is 0 Å². The molecule has 0 aliphatic carbocycles. The lowest BCUT2D eigenvalue weighted by Crippen LogP contribution is -2.30. The van der Waals surface area contributed by atoms with E-state index in [0.29, 0.717) is 17.7 Å². The Kier molecular flexibility index (Phi) is 4.08. The van der Waals surface area contributed by atoms with E-state index >= 15 is 0 Å². The van der Waals surface area contributed by atoms with Crippen molar-refractivity contribution in [3.8, 4) is 0 Å². The quantitative estimate of drug-likeness (QED) is 0.776. The van der Waals surface area contributed by atoms with Gasteiger partial charge in [-0.3, -0.25) is 0 Å². The standard InChI is InChI=1S/C12H18N2O4S2/c1-9-2-3-11(13)6-12(9)20(17,18)14-7-10-4-5-19(15,16)8-10/h2-3,6,10,14H,4-5,7-8,13H2,1H3. The predicted molar refractivity (Wildman–Crippen MR) is 77.5 cm³/mol. The lowest BCUT2D eigenvalue weighted by molar-refractivity contribution is 0.543. The topological polar surface area (TPSA) is 106 Å². The zero-order valence-corrected chi connectivity index (χ0v) is 12.8. The summed E-state index contributed by atoms with van der Waals surface area (Å²) < 4.78 is 49.6. The molecule has 1 aromatic rings. The number of nitrogens with two attached hydrogens (primary N) is 1. The van der Waals surface area contributed by atoms with Gasteiger partial charge in [0.15, 0.2) is 9.84 Å². The van der Waals surface area contributed by atoms with Crippen LogP contribution in [-0.4, -0.2) is 34.9 Å². The van der Waals surface area contributed by atoms with E-state index < -0.39 is 19.9 Å². The van der Waals surface area contributed by atoms with Crippen molar-refractivity contribution in [3.63, 3.8) is 0 Å². The number of anilines is 1. The van der Waals surface area contributed by atoms with Crippen molar-refractivity contribution in [2.75, 3.05) is 23.8 Å². The maximum absolute atomic E-state index is 12.2. The molecule has 6 nitrogen and oxygen atoms in total. The maximum Gasteiger partial charge on any atom is 0.240 e. The number of nitrogens with one attached hydrogen (secondary N) is 1. The molecule has 0 spiro atoms. The minimum absolute atomic E-state index is 0.0471. The van der Waals surface area contributed by atoms with E-state index in [0.717, 1.165) is 0 Å². The molecule has 8 heteroatoms. The van der Waals surface area contributed by atoms with Crippen LogP contribution in [0, 0.1) is 12.8 Å². The normalized spacial score (nSPS) is 21.9. The third-order valence-electron chi connectivity index (χ3n) is 3.39. The molecule has 1 fully saturated rings. The molecule has 0 saturated carbocycles. The van der Waals surface area contributed by atoms with Gasteiger partial charge in [0.1, 0.15) is 0 Å². The molecule has 2 rings (SSSR count). The molecule has 112 valence electrons. The zero-order valence-electron chi connectivity index (χ0n) is 11.2. The molecule has 0 amide bonds. The number of nitrogen functional groups attached to an aromatic ring is 1. The summed E-state index contributed by atoms with van der Waals surface area (Å²) in [4.78, 5) is 0.137. The molecule has 1 saturated heterocycles. The summed E-state index contributed by atoms with van der Waals surface area (Å²) in [5.74, 6) is 0.0263. The van der Waals surface area contributed by atoms with Crippen molar-refractivity contribution >= 4 is 25.5 Å². The number of aryl methyl sites for hydroxylation is 1. The van der Waals surface area contributed by atoms with E-state index in [2.05, 4.69) is 4.72 Å². The van der Waals surface area contributed by atoms with Gasteiger partial charge in [-0.2, -0.15) is 0 Å². The van der Waals surface area contributed by atoms with Crippen LogP contribution in [0.25, 0.3) is 0 Å². The number of sulfone groups is 1. The molecule has 1 unspecified atom stereocenters. The Morgan fingerprint density at radius 1 is 1.40 bits per heavy atom. The Hall–Kier alpha value is -1.12. The smallest absolute Gasteiger partial charge is 0.240 e. The highest BCUT2D eigenvalue weighted by molar-refractivity contribution is 7.91. The first kappa shape index (κ1) is 15.3. The molecule has 1 aliphatic heterocycles. The fraction of sp³-hybridized carbons (Fsp3) is 0.500. The van der Waals surface area contributed by atoms with Gasteiger partial charge in [0, 0.05) is 12.2 Å². The van der Waals surface area contributed by atoms with Gasteiger partial charge in [0.2, 0.25) is 10.0 Å². The third-order valence-corrected chi connectivity index (χ3v) is 6.79. The van der Waals surface area contributed by atoms with Gasteiger partial charge in [-0.25, -0.2) is 21.6 Å². The fourth-order valence-corrected chi connectivity index (χ4v) is 5.50. The Labute approximate surface area is 119 Å². The molecule has 1 atom stereocenters. The van der Waals surface area contributed by atoms with Crippen LogP contribution in [0.4, 0.5) is 5.69 Å². The Morgan fingerprint density at radius 3 is 2.70 bits per heavy atom. The summed E-state index contributed by atoms with van der Waals surface area (Å²) in [7, 11) is -6.66. The van der Waals surface area contributed by atoms with E-state index in [1.54, 1.807) is 19.1 Å². The van der Waals surface area contributed by atoms with Crippen molar-refractivity contribution in [2.45, 2.75) is 18.2 Å². The van der Waals surface area contributed by atoms with Crippen LogP contribution >= 0.6 is 0 Å². The van der Waals surface area contributed by atoms with Crippen molar-refractivity contribution in [1.29, 1.82) is 0 Å². The molecule has 0 bridgehead atoms. The van der Waals surface area contributed by atoms with Crippen molar-refractivity contribution in [2.24, 2.45) is 5.92 Å². The van der Waals surface area contributed by atoms with E-state index in [1.165, 1.54) is 6.07 Å². The summed E-state index contributed by atoms with van der Waals surface area (Å²) in [6.07, 6.45) is 0.501. The first-order chi connectivity index (χ1) is 9.20. The lowest BCUT2D eigenvalue weighted by atomic mass is 10.1. The first-order valence-electron chi connectivity index (χ1n) is 6.26. The first-order valence-corrected chi connectivity index (χ1v) is 9.56. The molecule has 3 N–H and O–H groups in total. The Bertz CT molecular complexity index is 711. The SMILES string of the molecule is Cc1ccc(N)cc1S(=O)(=O)NCC1CCS(=O)(=O)C1. The van der Waals surface area contributed by atoms with Crippen LogP contribution in [0.5, 0.6) is 0 Å². The molecule has 20 heavy (non-hydrogen) atoms. The second kappa shape index (κ2) is 5.34. The number of rotatable bonds is 4. The molecular formula is C12H18N2O4S2. The van der Waals surface area contributed by atoms with E-state index in [-0.39, 0.29) is 28.9 Å². The molecule has 1 aliphatic rings. The van der Waals surface area contributed by atoms with Gasteiger partial charge < -0.3 is 5.73 Å². The lowest BCUT2D eigenvalue weighted by Gasteiger charge is -2.12. The summed E-state index contributed by atoms with van der Waals surface area (Å²) in [5, 5.41) is 0. The number of hydrogen-bond donors (Lipinski definition) is 2. The Morgan fingerprint density at radius 2 is 2.10 bits per heavy atom. The summed E-state index contributed by atoms with van der Waals surface area (Å²) >= 11 is 0. The summed E-state index contributed by atoms with van der Waals surface area (Å²) in [5.41, 5.74) is 6.58. The zero-order chi connectivity index (χ0) is 15.0. The van der Waals surface area contributed by atoms with Gasteiger partial charge >= 0.3 is 0 Å². The molecule has 0 radical (unpaired) electrons. The summed E-state index contributed by atoms with van der Waals surface area (Å²) in [6.45, 7) is 1.82. The van der Waals surface area contributed by atoms with E-state index in [1.807, 2.05) is 0 Å². The Balaban J connectivity index is 2.10. The highest BCUT2D eigenvalue weighted by Gasteiger charge is 2.29. The van der Waals surface area contributed by atoms with Gasteiger partial charge in [-0.05, 0) is 37.0 Å². The van der Waals surface area contributed by atoms with Gasteiger partial charge in [0.25, 0.3) is 0 Å². The predicted octanol–water partition coefficient (Wildman–Crippen LogP) is 0.290. The van der Waals surface area contributed by atoms with Gasteiger partial charge in [0.05, 0.1) is 16.4 Å². The number of sulfonamides is 1.